The van der Waals surface area contributed by atoms with Gasteiger partial charge in [-0.3, -0.25) is 4.79 Å². The summed E-state index contributed by atoms with van der Waals surface area (Å²) in [5, 5.41) is 8.82. The highest BCUT2D eigenvalue weighted by atomic mass is 16.5. The number of aliphatic carboxylic acids is 1. The Morgan fingerprint density at radius 2 is 2.31 bits per heavy atom. The van der Waals surface area contributed by atoms with E-state index in [1.54, 1.807) is 7.11 Å². The molecule has 0 saturated carbocycles. The van der Waals surface area contributed by atoms with Gasteiger partial charge < -0.3 is 15.6 Å². The van der Waals surface area contributed by atoms with Gasteiger partial charge in [0, 0.05) is 6.04 Å². The Morgan fingerprint density at radius 3 is 2.94 bits per heavy atom. The molecule has 4 heteroatoms. The van der Waals surface area contributed by atoms with E-state index in [2.05, 4.69) is 0 Å². The van der Waals surface area contributed by atoms with Crippen LogP contribution in [0.25, 0.3) is 0 Å². The van der Waals surface area contributed by atoms with E-state index in [1.165, 1.54) is 0 Å². The Kier molecular flexibility index (Phi) is 2.83. The van der Waals surface area contributed by atoms with Crippen LogP contribution in [0.2, 0.25) is 0 Å². The highest BCUT2D eigenvalue weighted by molar-refractivity contribution is 5.68. The lowest BCUT2D eigenvalue weighted by Gasteiger charge is -2.08. The summed E-state index contributed by atoms with van der Waals surface area (Å²) in [6.07, 6.45) is 0.849. The third-order valence-corrected chi connectivity index (χ3v) is 3.09. The zero-order valence-corrected chi connectivity index (χ0v) is 9.14. The van der Waals surface area contributed by atoms with Crippen LogP contribution in [0.5, 0.6) is 5.75 Å². The van der Waals surface area contributed by atoms with Gasteiger partial charge in [-0.1, -0.05) is 6.07 Å². The third kappa shape index (κ3) is 1.88. The van der Waals surface area contributed by atoms with E-state index in [4.69, 9.17) is 15.6 Å². The van der Waals surface area contributed by atoms with Crippen LogP contribution in [0.3, 0.4) is 0 Å². The van der Waals surface area contributed by atoms with E-state index in [1.807, 2.05) is 18.2 Å². The van der Waals surface area contributed by atoms with E-state index in [0.717, 1.165) is 16.9 Å². The number of carbonyl (C=O) groups is 1. The van der Waals surface area contributed by atoms with Crippen LogP contribution in [-0.2, 0) is 4.79 Å². The molecule has 16 heavy (non-hydrogen) atoms. The Hall–Kier alpha value is -1.55. The number of benzene rings is 1. The van der Waals surface area contributed by atoms with E-state index >= 15 is 0 Å². The van der Waals surface area contributed by atoms with Crippen molar-refractivity contribution in [2.24, 2.45) is 5.73 Å². The molecule has 2 atom stereocenters. The predicted octanol–water partition coefficient (Wildman–Crippen LogP) is 1.66. The predicted molar refractivity (Wildman–Crippen MR) is 59.5 cm³/mol. The first-order chi connectivity index (χ1) is 7.61. The SMILES string of the molecule is COc1ccc2c(c1)C(N)CC2CC(=O)O. The normalized spacial score (nSPS) is 22.9. The molecule has 2 unspecified atom stereocenters. The van der Waals surface area contributed by atoms with Gasteiger partial charge in [-0.05, 0) is 35.6 Å². The smallest absolute Gasteiger partial charge is 0.303 e. The molecule has 0 aliphatic heterocycles. The van der Waals surface area contributed by atoms with Crippen LogP contribution in [-0.4, -0.2) is 18.2 Å². The molecular formula is C12H15NO3. The van der Waals surface area contributed by atoms with Crippen molar-refractivity contribution in [2.45, 2.75) is 24.8 Å². The minimum atomic E-state index is -0.777. The van der Waals surface area contributed by atoms with Crippen molar-refractivity contribution in [3.8, 4) is 5.75 Å². The number of fused-ring (bicyclic) bond motifs is 1. The van der Waals surface area contributed by atoms with E-state index in [-0.39, 0.29) is 18.4 Å². The maximum absolute atomic E-state index is 10.7. The highest BCUT2D eigenvalue weighted by Gasteiger charge is 2.30. The second-order valence-corrected chi connectivity index (χ2v) is 4.13. The molecule has 0 saturated heterocycles. The zero-order chi connectivity index (χ0) is 11.7. The largest absolute Gasteiger partial charge is 0.497 e. The second kappa shape index (κ2) is 4.14. The fourth-order valence-electron chi connectivity index (χ4n) is 2.34. The number of hydrogen-bond acceptors (Lipinski definition) is 3. The molecule has 4 nitrogen and oxygen atoms in total. The van der Waals surface area contributed by atoms with Crippen molar-refractivity contribution >= 4 is 5.97 Å². The Labute approximate surface area is 94.0 Å². The molecule has 86 valence electrons. The van der Waals surface area contributed by atoms with Crippen LogP contribution < -0.4 is 10.5 Å². The summed E-state index contributed by atoms with van der Waals surface area (Å²) in [6.45, 7) is 0. The molecule has 0 fully saturated rings. The summed E-state index contributed by atoms with van der Waals surface area (Å²) in [6, 6.07) is 5.61. The van der Waals surface area contributed by atoms with Gasteiger partial charge in [0.1, 0.15) is 5.75 Å². The molecule has 1 aromatic carbocycles. The van der Waals surface area contributed by atoms with Crippen LogP contribution in [0, 0.1) is 0 Å². The summed E-state index contributed by atoms with van der Waals surface area (Å²) >= 11 is 0. The number of rotatable bonds is 3. The summed E-state index contributed by atoms with van der Waals surface area (Å²) in [5.41, 5.74) is 8.06. The van der Waals surface area contributed by atoms with E-state index in [9.17, 15) is 4.79 Å². The molecule has 0 amide bonds. The summed E-state index contributed by atoms with van der Waals surface area (Å²) in [4.78, 5) is 10.7. The van der Waals surface area contributed by atoms with Crippen molar-refractivity contribution < 1.29 is 14.6 Å². The van der Waals surface area contributed by atoms with Crippen molar-refractivity contribution in [1.82, 2.24) is 0 Å². The lowest BCUT2D eigenvalue weighted by molar-refractivity contribution is -0.137. The molecule has 3 N–H and O–H groups in total. The van der Waals surface area contributed by atoms with Crippen molar-refractivity contribution in [2.75, 3.05) is 7.11 Å². The van der Waals surface area contributed by atoms with Gasteiger partial charge in [0.05, 0.1) is 13.5 Å². The number of carboxylic acid groups (broad SMARTS) is 1. The van der Waals surface area contributed by atoms with Gasteiger partial charge in [0.25, 0.3) is 0 Å². The molecule has 1 aliphatic rings. The van der Waals surface area contributed by atoms with Gasteiger partial charge in [-0.15, -0.1) is 0 Å². The fraction of sp³-hybridized carbons (Fsp3) is 0.417. The van der Waals surface area contributed by atoms with Gasteiger partial charge >= 0.3 is 5.97 Å². The standard InChI is InChI=1S/C12H15NO3/c1-16-8-2-3-9-7(5-12(14)15)4-11(13)10(9)6-8/h2-3,6-7,11H,4-5,13H2,1H3,(H,14,15). The summed E-state index contributed by atoms with van der Waals surface area (Å²) in [7, 11) is 1.61. The van der Waals surface area contributed by atoms with Gasteiger partial charge in [0.2, 0.25) is 0 Å². The average Bonchev–Trinajstić information content (AvgIpc) is 2.54. The molecule has 0 radical (unpaired) electrons. The average molecular weight is 221 g/mol. The van der Waals surface area contributed by atoms with E-state index in [0.29, 0.717) is 6.42 Å². The highest BCUT2D eigenvalue weighted by Crippen LogP contribution is 2.42. The number of carboxylic acids is 1. The Bertz CT molecular complexity index is 417. The Balaban J connectivity index is 2.32. The maximum atomic E-state index is 10.7. The van der Waals surface area contributed by atoms with Crippen LogP contribution in [0.4, 0.5) is 0 Å². The minimum Gasteiger partial charge on any atom is -0.497 e. The first-order valence-electron chi connectivity index (χ1n) is 5.27. The maximum Gasteiger partial charge on any atom is 0.303 e. The van der Waals surface area contributed by atoms with Crippen LogP contribution in [0.1, 0.15) is 35.9 Å². The van der Waals surface area contributed by atoms with Crippen LogP contribution in [0.15, 0.2) is 18.2 Å². The summed E-state index contributed by atoms with van der Waals surface area (Å²) in [5.74, 6) is 0.0273. The first-order valence-corrected chi connectivity index (χ1v) is 5.27. The second-order valence-electron chi connectivity index (χ2n) is 4.13. The lowest BCUT2D eigenvalue weighted by Crippen LogP contribution is -2.07. The van der Waals surface area contributed by atoms with Crippen LogP contribution >= 0.6 is 0 Å². The quantitative estimate of drug-likeness (QED) is 0.814. The number of hydrogen-bond donors (Lipinski definition) is 2. The Morgan fingerprint density at radius 1 is 1.56 bits per heavy atom. The molecule has 0 bridgehead atoms. The number of ether oxygens (including phenoxy) is 1. The molecule has 2 rings (SSSR count). The van der Waals surface area contributed by atoms with E-state index < -0.39 is 5.97 Å². The van der Waals surface area contributed by atoms with Crippen molar-refractivity contribution in [1.29, 1.82) is 0 Å². The lowest BCUT2D eigenvalue weighted by atomic mass is 9.98. The monoisotopic (exact) mass is 221 g/mol. The van der Waals surface area contributed by atoms with Crippen molar-refractivity contribution in [3.63, 3.8) is 0 Å². The van der Waals surface area contributed by atoms with Gasteiger partial charge in [-0.25, -0.2) is 0 Å². The number of methoxy groups -OCH3 is 1. The van der Waals surface area contributed by atoms with Gasteiger partial charge in [0.15, 0.2) is 0 Å². The molecular weight excluding hydrogens is 206 g/mol. The zero-order valence-electron chi connectivity index (χ0n) is 9.14. The molecule has 0 heterocycles. The molecule has 0 aromatic heterocycles. The third-order valence-electron chi connectivity index (χ3n) is 3.09. The topological polar surface area (TPSA) is 72.5 Å². The molecule has 1 aromatic rings. The number of nitrogens with two attached hydrogens (primary N) is 1. The summed E-state index contributed by atoms with van der Waals surface area (Å²) < 4.78 is 5.13. The van der Waals surface area contributed by atoms with Gasteiger partial charge in [-0.2, -0.15) is 0 Å². The van der Waals surface area contributed by atoms with Crippen molar-refractivity contribution in [3.05, 3.63) is 29.3 Å². The fourth-order valence-corrected chi connectivity index (χ4v) is 2.34. The molecule has 1 aliphatic carbocycles. The minimum absolute atomic E-state index is 0.0356. The first kappa shape index (κ1) is 11.0. The molecule has 0 spiro atoms.